The Morgan fingerprint density at radius 1 is 1.23 bits per heavy atom. The zero-order valence-electron chi connectivity index (χ0n) is 15.7. The lowest BCUT2D eigenvalue weighted by atomic mass is 9.94. The maximum Gasteiger partial charge on any atom is 0.322 e. The molecule has 0 unspecified atom stereocenters. The third kappa shape index (κ3) is 2.87. The summed E-state index contributed by atoms with van der Waals surface area (Å²) in [6.45, 7) is 3.24. The van der Waals surface area contributed by atoms with Crippen molar-refractivity contribution in [1.82, 2.24) is 15.1 Å². The van der Waals surface area contributed by atoms with Gasteiger partial charge in [-0.1, -0.05) is 25.5 Å². The molecule has 2 aliphatic heterocycles. The molecule has 0 saturated carbocycles. The monoisotopic (exact) mass is 359 g/mol. The van der Waals surface area contributed by atoms with Crippen LogP contribution in [0.15, 0.2) is 29.5 Å². The first-order chi connectivity index (χ1) is 12.5. The Balaban J connectivity index is 2.05. The zero-order valence-corrected chi connectivity index (χ0v) is 15.7. The fourth-order valence-corrected chi connectivity index (χ4v) is 3.53. The van der Waals surface area contributed by atoms with Crippen molar-refractivity contribution in [2.24, 2.45) is 0 Å². The van der Waals surface area contributed by atoms with E-state index in [-0.39, 0.29) is 11.9 Å². The van der Waals surface area contributed by atoms with Crippen LogP contribution in [0.4, 0.5) is 4.79 Å². The van der Waals surface area contributed by atoms with Crippen molar-refractivity contribution in [1.29, 1.82) is 0 Å². The van der Waals surface area contributed by atoms with Crippen LogP contribution in [0.3, 0.4) is 0 Å². The van der Waals surface area contributed by atoms with Crippen LogP contribution in [0.25, 0.3) is 0 Å². The van der Waals surface area contributed by atoms with Crippen molar-refractivity contribution in [3.05, 3.63) is 35.0 Å². The van der Waals surface area contributed by atoms with E-state index in [1.807, 2.05) is 17.0 Å². The predicted molar refractivity (Wildman–Crippen MR) is 97.1 cm³/mol. The molecule has 1 atom stereocenters. The highest BCUT2D eigenvalue weighted by Crippen LogP contribution is 2.42. The standard InChI is InChI=1S/C19H25N3O4/c1-5-6-10-22-11-13-15(18(22)23)16(20-19(24)21(13)2)12-8-7-9-14(25-3)17(12)26-4/h7-9,16H,5-6,10-11H2,1-4H3,(H,20,24)/t16-/m1/s1. The first kappa shape index (κ1) is 18.1. The molecule has 0 bridgehead atoms. The molecule has 7 nitrogen and oxygen atoms in total. The van der Waals surface area contributed by atoms with Crippen LogP contribution >= 0.6 is 0 Å². The predicted octanol–water partition coefficient (Wildman–Crippen LogP) is 2.30. The number of unbranched alkanes of at least 4 members (excludes halogenated alkanes) is 1. The topological polar surface area (TPSA) is 71.1 Å². The number of hydrogen-bond donors (Lipinski definition) is 1. The molecule has 26 heavy (non-hydrogen) atoms. The number of rotatable bonds is 6. The molecule has 1 N–H and O–H groups in total. The number of methoxy groups -OCH3 is 2. The smallest absolute Gasteiger partial charge is 0.322 e. The SMILES string of the molecule is CCCCN1CC2=C(C1=O)[C@@H](c1cccc(OC)c1OC)NC(=O)N2C. The number of carbonyl (C=O) groups excluding carboxylic acids is 2. The van der Waals surface area contributed by atoms with Gasteiger partial charge in [0.1, 0.15) is 0 Å². The van der Waals surface area contributed by atoms with Gasteiger partial charge in [0.05, 0.1) is 38.1 Å². The van der Waals surface area contributed by atoms with Crippen molar-refractivity contribution in [2.45, 2.75) is 25.8 Å². The Hall–Kier alpha value is -2.70. The van der Waals surface area contributed by atoms with Crippen molar-refractivity contribution in [3.8, 4) is 11.5 Å². The minimum absolute atomic E-state index is 0.0322. The molecule has 0 fully saturated rings. The van der Waals surface area contributed by atoms with Crippen LogP contribution in [0.1, 0.15) is 31.4 Å². The fourth-order valence-electron chi connectivity index (χ4n) is 3.53. The van der Waals surface area contributed by atoms with Crippen LogP contribution < -0.4 is 14.8 Å². The van der Waals surface area contributed by atoms with E-state index in [4.69, 9.17) is 9.47 Å². The molecule has 0 aliphatic carbocycles. The first-order valence-corrected chi connectivity index (χ1v) is 8.80. The number of amides is 3. The Labute approximate surface area is 153 Å². The lowest BCUT2D eigenvalue weighted by molar-refractivity contribution is -0.125. The number of ether oxygens (including phenoxy) is 2. The number of nitrogens with zero attached hydrogens (tertiary/aromatic N) is 2. The molecule has 2 heterocycles. The number of benzene rings is 1. The van der Waals surface area contributed by atoms with Gasteiger partial charge in [-0.25, -0.2) is 4.79 Å². The Morgan fingerprint density at radius 3 is 2.65 bits per heavy atom. The maximum absolute atomic E-state index is 13.1. The Bertz CT molecular complexity index is 759. The fraction of sp³-hybridized carbons (Fsp3) is 0.474. The molecule has 7 heteroatoms. The van der Waals surface area contributed by atoms with Gasteiger partial charge in [0.2, 0.25) is 0 Å². The summed E-state index contributed by atoms with van der Waals surface area (Å²) in [7, 11) is 4.81. The highest BCUT2D eigenvalue weighted by molar-refractivity contribution is 6.01. The molecule has 1 aromatic rings. The van der Waals surface area contributed by atoms with Crippen molar-refractivity contribution < 1.29 is 19.1 Å². The van der Waals surface area contributed by atoms with E-state index >= 15 is 0 Å². The van der Waals surface area contributed by atoms with Gasteiger partial charge in [-0.15, -0.1) is 0 Å². The van der Waals surface area contributed by atoms with Gasteiger partial charge in [-0.05, 0) is 12.5 Å². The first-order valence-electron chi connectivity index (χ1n) is 8.80. The normalized spacial score (nSPS) is 19.6. The molecule has 1 aromatic carbocycles. The van der Waals surface area contributed by atoms with Crippen LogP contribution in [0.5, 0.6) is 11.5 Å². The van der Waals surface area contributed by atoms with Gasteiger partial charge in [-0.3, -0.25) is 9.69 Å². The number of hydrogen-bond acceptors (Lipinski definition) is 4. The summed E-state index contributed by atoms with van der Waals surface area (Å²) in [6.07, 6.45) is 1.94. The van der Waals surface area contributed by atoms with Crippen LogP contribution in [0.2, 0.25) is 0 Å². The number of nitrogens with one attached hydrogen (secondary N) is 1. The molecule has 0 saturated heterocycles. The second-order valence-electron chi connectivity index (χ2n) is 6.46. The molecule has 0 aromatic heterocycles. The largest absolute Gasteiger partial charge is 0.493 e. The number of para-hydroxylation sites is 1. The van der Waals surface area contributed by atoms with E-state index in [1.165, 1.54) is 4.90 Å². The zero-order chi connectivity index (χ0) is 18.8. The van der Waals surface area contributed by atoms with E-state index < -0.39 is 6.04 Å². The van der Waals surface area contributed by atoms with E-state index in [2.05, 4.69) is 12.2 Å². The van der Waals surface area contributed by atoms with Gasteiger partial charge in [0, 0.05) is 19.2 Å². The van der Waals surface area contributed by atoms with Gasteiger partial charge in [0.15, 0.2) is 11.5 Å². The molecule has 2 aliphatic rings. The van der Waals surface area contributed by atoms with Gasteiger partial charge >= 0.3 is 6.03 Å². The summed E-state index contributed by atoms with van der Waals surface area (Å²) >= 11 is 0. The molecule has 3 amide bonds. The summed E-state index contributed by atoms with van der Waals surface area (Å²) < 4.78 is 10.9. The minimum Gasteiger partial charge on any atom is -0.493 e. The van der Waals surface area contributed by atoms with E-state index in [0.29, 0.717) is 35.7 Å². The van der Waals surface area contributed by atoms with E-state index in [1.54, 1.807) is 27.3 Å². The van der Waals surface area contributed by atoms with Gasteiger partial charge < -0.3 is 19.7 Å². The van der Waals surface area contributed by atoms with Gasteiger partial charge in [0.25, 0.3) is 5.91 Å². The quantitative estimate of drug-likeness (QED) is 0.846. The molecular formula is C19H25N3O4. The minimum atomic E-state index is -0.558. The number of carbonyl (C=O) groups is 2. The molecule has 140 valence electrons. The van der Waals surface area contributed by atoms with Crippen LogP contribution in [0, 0.1) is 0 Å². The van der Waals surface area contributed by atoms with Crippen LogP contribution in [-0.4, -0.2) is 56.1 Å². The number of likely N-dealkylation sites (N-methyl/N-ethyl adjacent to an activating group) is 1. The summed E-state index contributed by atoms with van der Waals surface area (Å²) in [5, 5.41) is 2.93. The summed E-state index contributed by atoms with van der Waals surface area (Å²) in [6, 6.07) is 4.68. The summed E-state index contributed by atoms with van der Waals surface area (Å²) in [5.41, 5.74) is 2.07. The van der Waals surface area contributed by atoms with Crippen LogP contribution in [-0.2, 0) is 4.79 Å². The van der Waals surface area contributed by atoms with Gasteiger partial charge in [-0.2, -0.15) is 0 Å². The van der Waals surface area contributed by atoms with Crippen molar-refractivity contribution in [2.75, 3.05) is 34.4 Å². The molecule has 0 spiro atoms. The Kier molecular flexibility index (Phi) is 5.06. The summed E-state index contributed by atoms with van der Waals surface area (Å²) in [5.74, 6) is 1.06. The second-order valence-corrected chi connectivity index (χ2v) is 6.46. The average Bonchev–Trinajstić information content (AvgIpc) is 2.99. The lowest BCUT2D eigenvalue weighted by Crippen LogP contribution is -2.45. The van der Waals surface area contributed by atoms with E-state index in [0.717, 1.165) is 18.5 Å². The Morgan fingerprint density at radius 2 is 2.00 bits per heavy atom. The highest BCUT2D eigenvalue weighted by Gasteiger charge is 2.43. The molecule has 0 radical (unpaired) electrons. The molecule has 3 rings (SSSR count). The third-order valence-electron chi connectivity index (χ3n) is 4.96. The average molecular weight is 359 g/mol. The van der Waals surface area contributed by atoms with Crippen molar-refractivity contribution in [3.63, 3.8) is 0 Å². The molecular weight excluding hydrogens is 334 g/mol. The summed E-state index contributed by atoms with van der Waals surface area (Å²) in [4.78, 5) is 28.9. The third-order valence-corrected chi connectivity index (χ3v) is 4.96. The highest BCUT2D eigenvalue weighted by atomic mass is 16.5. The van der Waals surface area contributed by atoms with Crippen molar-refractivity contribution >= 4 is 11.9 Å². The lowest BCUT2D eigenvalue weighted by Gasteiger charge is -2.31. The van der Waals surface area contributed by atoms with E-state index in [9.17, 15) is 9.59 Å². The maximum atomic E-state index is 13.1. The number of urea groups is 1. The second kappa shape index (κ2) is 7.27.